The molecule has 0 bridgehead atoms. The number of thiazole rings is 1. The van der Waals surface area contributed by atoms with Crippen LogP contribution in [-0.4, -0.2) is 39.7 Å². The van der Waals surface area contributed by atoms with Gasteiger partial charge in [0.15, 0.2) is 0 Å². The Morgan fingerprint density at radius 2 is 1.78 bits per heavy atom. The van der Waals surface area contributed by atoms with Gasteiger partial charge in [0.1, 0.15) is 30.2 Å². The second-order valence-corrected chi connectivity index (χ2v) is 11.9. The summed E-state index contributed by atoms with van der Waals surface area (Å²) in [5.74, 6) is -0.286. The third-order valence-electron chi connectivity index (χ3n) is 7.74. The number of aryl methyl sites for hydroxylation is 1. The fourth-order valence-electron chi connectivity index (χ4n) is 5.30. The standard InChI is InChI=1S/C34H28F3N3O5S/c1-21-30(46-32(38-21)24-7-11-25(12-8-24)34(35,36)37)20-43-27-13-9-23(10-14-27)28(29-15-16-45-39-29)18-31(41)40-26(19-44-33(40)42)17-22-5-3-2-4-6-22/h2-16,26,28H,17-20H2,1H3/t26-,28-/m0/s1. The zero-order chi connectivity index (χ0) is 32.3. The highest BCUT2D eigenvalue weighted by molar-refractivity contribution is 7.15. The summed E-state index contributed by atoms with van der Waals surface area (Å²) in [7, 11) is 0. The molecule has 46 heavy (non-hydrogen) atoms. The number of carbonyl (C=O) groups is 2. The van der Waals surface area contributed by atoms with E-state index in [9.17, 15) is 22.8 Å². The lowest BCUT2D eigenvalue weighted by molar-refractivity contribution is -0.137. The van der Waals surface area contributed by atoms with Crippen LogP contribution >= 0.6 is 11.3 Å². The molecule has 6 rings (SSSR count). The third kappa shape index (κ3) is 6.96. The number of amides is 2. The molecule has 8 nitrogen and oxygen atoms in total. The van der Waals surface area contributed by atoms with E-state index in [0.29, 0.717) is 28.4 Å². The fourth-order valence-corrected chi connectivity index (χ4v) is 6.28. The van der Waals surface area contributed by atoms with E-state index in [1.165, 1.54) is 34.6 Å². The van der Waals surface area contributed by atoms with Gasteiger partial charge < -0.3 is 14.0 Å². The summed E-state index contributed by atoms with van der Waals surface area (Å²) in [5, 5.41) is 4.68. The second-order valence-electron chi connectivity index (χ2n) is 10.8. The van der Waals surface area contributed by atoms with Crippen LogP contribution < -0.4 is 4.74 Å². The van der Waals surface area contributed by atoms with Crippen LogP contribution in [0.4, 0.5) is 18.0 Å². The predicted octanol–water partition coefficient (Wildman–Crippen LogP) is 7.82. The van der Waals surface area contributed by atoms with E-state index < -0.39 is 29.8 Å². The van der Waals surface area contributed by atoms with Gasteiger partial charge in [0, 0.05) is 24.0 Å². The van der Waals surface area contributed by atoms with Crippen LogP contribution in [0, 0.1) is 6.92 Å². The number of halogens is 3. The van der Waals surface area contributed by atoms with Gasteiger partial charge in [-0.2, -0.15) is 13.2 Å². The molecule has 0 spiro atoms. The van der Waals surface area contributed by atoms with Crippen molar-refractivity contribution in [3.63, 3.8) is 0 Å². The number of alkyl halides is 3. The van der Waals surface area contributed by atoms with Gasteiger partial charge in [-0.3, -0.25) is 4.79 Å². The van der Waals surface area contributed by atoms with Crippen LogP contribution in [0.2, 0.25) is 0 Å². The Labute approximate surface area is 266 Å². The molecule has 2 amide bonds. The van der Waals surface area contributed by atoms with E-state index in [1.54, 1.807) is 18.2 Å². The molecule has 2 atom stereocenters. The topological polar surface area (TPSA) is 94.8 Å². The first-order valence-corrected chi connectivity index (χ1v) is 15.3. The van der Waals surface area contributed by atoms with Crippen molar-refractivity contribution in [2.24, 2.45) is 0 Å². The summed E-state index contributed by atoms with van der Waals surface area (Å²) in [5.41, 5.74) is 2.94. The molecule has 0 aliphatic carbocycles. The molecule has 3 heterocycles. The number of ether oxygens (including phenoxy) is 2. The van der Waals surface area contributed by atoms with Crippen LogP contribution in [0.15, 0.2) is 95.7 Å². The molecular weight excluding hydrogens is 619 g/mol. The second kappa shape index (κ2) is 13.2. The van der Waals surface area contributed by atoms with Gasteiger partial charge in [-0.05, 0) is 48.7 Å². The smallest absolute Gasteiger partial charge is 0.416 e. The van der Waals surface area contributed by atoms with Gasteiger partial charge >= 0.3 is 12.3 Å². The molecule has 0 N–H and O–H groups in total. The lowest BCUT2D eigenvalue weighted by Gasteiger charge is -2.22. The molecule has 1 aliphatic rings. The van der Waals surface area contributed by atoms with Gasteiger partial charge in [0.25, 0.3) is 0 Å². The summed E-state index contributed by atoms with van der Waals surface area (Å²) >= 11 is 1.36. The highest BCUT2D eigenvalue weighted by Gasteiger charge is 2.39. The number of nitrogens with zero attached hydrogens (tertiary/aromatic N) is 3. The maximum atomic E-state index is 13.5. The number of aromatic nitrogens is 2. The molecule has 1 saturated heterocycles. The van der Waals surface area contributed by atoms with E-state index >= 15 is 0 Å². The van der Waals surface area contributed by atoms with Crippen LogP contribution in [0.25, 0.3) is 10.6 Å². The van der Waals surface area contributed by atoms with E-state index in [-0.39, 0.29) is 25.5 Å². The Kier molecular flexibility index (Phi) is 8.89. The Morgan fingerprint density at radius 3 is 2.46 bits per heavy atom. The van der Waals surface area contributed by atoms with Crippen LogP contribution in [-0.2, 0) is 28.7 Å². The van der Waals surface area contributed by atoms with Crippen molar-refractivity contribution in [1.29, 1.82) is 0 Å². The number of hydrogen-bond acceptors (Lipinski definition) is 8. The molecule has 5 aromatic rings. The first-order valence-electron chi connectivity index (χ1n) is 14.5. The Balaban J connectivity index is 1.13. The summed E-state index contributed by atoms with van der Waals surface area (Å²) in [6.45, 7) is 2.17. The quantitative estimate of drug-likeness (QED) is 0.153. The number of cyclic esters (lactones) is 1. The predicted molar refractivity (Wildman–Crippen MR) is 163 cm³/mol. The van der Waals surface area contributed by atoms with E-state index in [4.69, 9.17) is 14.0 Å². The SMILES string of the molecule is Cc1nc(-c2ccc(C(F)(F)F)cc2)sc1COc1ccc([C@H](CC(=O)N2C(=O)OC[C@@H]2Cc2ccccc2)c2ccon2)cc1. The van der Waals surface area contributed by atoms with Crippen molar-refractivity contribution in [3.05, 3.63) is 124 Å². The summed E-state index contributed by atoms with van der Waals surface area (Å²) < 4.78 is 55.1. The minimum absolute atomic E-state index is 0.0279. The highest BCUT2D eigenvalue weighted by atomic mass is 32.1. The number of imide groups is 1. The molecule has 0 radical (unpaired) electrons. The maximum Gasteiger partial charge on any atom is 0.416 e. The van der Waals surface area contributed by atoms with Crippen molar-refractivity contribution in [3.8, 4) is 16.3 Å². The van der Waals surface area contributed by atoms with Crippen LogP contribution in [0.1, 0.15) is 45.3 Å². The Bertz CT molecular complexity index is 1790. The molecule has 1 aliphatic heterocycles. The van der Waals surface area contributed by atoms with Gasteiger partial charge in [0.2, 0.25) is 5.91 Å². The van der Waals surface area contributed by atoms with Crippen LogP contribution in [0.3, 0.4) is 0 Å². The third-order valence-corrected chi connectivity index (χ3v) is 8.92. The lowest BCUT2D eigenvalue weighted by Crippen LogP contribution is -2.40. The minimum atomic E-state index is -4.40. The normalized spacial score (nSPS) is 15.5. The maximum absolute atomic E-state index is 13.5. The largest absolute Gasteiger partial charge is 0.488 e. The van der Waals surface area contributed by atoms with Crippen molar-refractivity contribution >= 4 is 23.3 Å². The fraction of sp³-hybridized carbons (Fsp3) is 0.235. The molecule has 3 aromatic carbocycles. The Hall–Kier alpha value is -4.97. The van der Waals surface area contributed by atoms with E-state index in [2.05, 4.69) is 10.1 Å². The van der Waals surface area contributed by atoms with Gasteiger partial charge in [0.05, 0.1) is 27.9 Å². The molecule has 0 unspecified atom stereocenters. The number of hydrogen-bond donors (Lipinski definition) is 0. The zero-order valence-electron chi connectivity index (χ0n) is 24.6. The summed E-state index contributed by atoms with van der Waals surface area (Å²) in [4.78, 5) is 32.7. The number of benzene rings is 3. The van der Waals surface area contributed by atoms with Crippen molar-refractivity contribution < 1.29 is 36.8 Å². The molecular formula is C34H28F3N3O5S. The monoisotopic (exact) mass is 647 g/mol. The molecule has 12 heteroatoms. The first kappa shape index (κ1) is 31.0. The van der Waals surface area contributed by atoms with E-state index in [1.807, 2.05) is 49.4 Å². The molecule has 0 saturated carbocycles. The zero-order valence-corrected chi connectivity index (χ0v) is 25.4. The average Bonchev–Trinajstić information content (AvgIpc) is 3.80. The van der Waals surface area contributed by atoms with Crippen molar-refractivity contribution in [2.75, 3.05) is 6.61 Å². The molecule has 236 valence electrons. The van der Waals surface area contributed by atoms with Crippen molar-refractivity contribution in [1.82, 2.24) is 15.0 Å². The van der Waals surface area contributed by atoms with Crippen LogP contribution in [0.5, 0.6) is 5.75 Å². The Morgan fingerprint density at radius 1 is 1.04 bits per heavy atom. The van der Waals surface area contributed by atoms with Crippen molar-refractivity contribution in [2.45, 2.75) is 44.5 Å². The minimum Gasteiger partial charge on any atom is -0.488 e. The summed E-state index contributed by atoms with van der Waals surface area (Å²) in [6, 6.07) is 23.0. The lowest BCUT2D eigenvalue weighted by atomic mass is 9.91. The van der Waals surface area contributed by atoms with Gasteiger partial charge in [-0.15, -0.1) is 11.3 Å². The molecule has 1 fully saturated rings. The van der Waals surface area contributed by atoms with E-state index in [0.717, 1.165) is 33.8 Å². The molecule has 2 aromatic heterocycles. The highest BCUT2D eigenvalue weighted by Crippen LogP contribution is 2.34. The summed E-state index contributed by atoms with van der Waals surface area (Å²) in [6.07, 6.45) is -3.16. The average molecular weight is 648 g/mol. The van der Waals surface area contributed by atoms with Gasteiger partial charge in [-0.1, -0.05) is 59.8 Å². The van der Waals surface area contributed by atoms with Gasteiger partial charge in [-0.25, -0.2) is 14.7 Å². The number of rotatable bonds is 10. The first-order chi connectivity index (χ1) is 22.2. The number of carbonyl (C=O) groups excluding carboxylic acids is 2.